The summed E-state index contributed by atoms with van der Waals surface area (Å²) in [5.74, 6) is -1.00. The van der Waals surface area contributed by atoms with Crippen LogP contribution in [0.2, 0.25) is 0 Å². The van der Waals surface area contributed by atoms with Crippen molar-refractivity contribution in [3.63, 3.8) is 0 Å². The van der Waals surface area contributed by atoms with Gasteiger partial charge in [0.2, 0.25) is 0 Å². The lowest BCUT2D eigenvalue weighted by atomic mass is 9.85. The maximum atomic E-state index is 11.0. The quantitative estimate of drug-likeness (QED) is 0.626. The fraction of sp³-hybridized carbons (Fsp3) is 0.875. The van der Waals surface area contributed by atoms with Crippen molar-refractivity contribution in [2.24, 2.45) is 11.7 Å². The SMILES string of the molecule is CO[C@@H](C)[C@](O)(C(N)=O)C(C)C. The van der Waals surface area contributed by atoms with Crippen molar-refractivity contribution in [2.75, 3.05) is 7.11 Å². The first kappa shape index (κ1) is 11.4. The van der Waals surface area contributed by atoms with E-state index in [4.69, 9.17) is 10.5 Å². The molecular formula is C8H17NO3. The molecule has 3 N–H and O–H groups in total. The molecule has 0 fully saturated rings. The van der Waals surface area contributed by atoms with Crippen LogP contribution in [0.5, 0.6) is 0 Å². The highest BCUT2D eigenvalue weighted by molar-refractivity contribution is 5.84. The molecule has 0 bridgehead atoms. The standard InChI is InChI=1S/C8H17NO3/c1-5(2)8(11,7(9)10)6(3)12-4/h5-6,11H,1-4H3,(H2,9,10)/t6-,8-/m0/s1. The summed E-state index contributed by atoms with van der Waals surface area (Å²) < 4.78 is 4.89. The summed E-state index contributed by atoms with van der Waals surface area (Å²) in [5.41, 5.74) is 3.50. The van der Waals surface area contributed by atoms with E-state index >= 15 is 0 Å². The van der Waals surface area contributed by atoms with Crippen LogP contribution in [0.3, 0.4) is 0 Å². The zero-order valence-corrected chi connectivity index (χ0v) is 8.00. The summed E-state index contributed by atoms with van der Waals surface area (Å²) in [6, 6.07) is 0. The van der Waals surface area contributed by atoms with Gasteiger partial charge in [-0.3, -0.25) is 4.79 Å². The van der Waals surface area contributed by atoms with E-state index in [0.717, 1.165) is 0 Å². The number of carbonyl (C=O) groups excluding carboxylic acids is 1. The molecule has 0 aromatic carbocycles. The molecule has 4 heteroatoms. The molecule has 12 heavy (non-hydrogen) atoms. The van der Waals surface area contributed by atoms with Crippen LogP contribution in [0.25, 0.3) is 0 Å². The molecule has 0 unspecified atom stereocenters. The van der Waals surface area contributed by atoms with E-state index in [0.29, 0.717) is 0 Å². The number of ether oxygens (including phenoxy) is 1. The van der Waals surface area contributed by atoms with Gasteiger partial charge in [-0.2, -0.15) is 0 Å². The number of methoxy groups -OCH3 is 1. The molecule has 0 spiro atoms. The normalized spacial score (nSPS) is 18.8. The van der Waals surface area contributed by atoms with Crippen LogP contribution >= 0.6 is 0 Å². The summed E-state index contributed by atoms with van der Waals surface area (Å²) in [7, 11) is 1.43. The lowest BCUT2D eigenvalue weighted by molar-refractivity contribution is -0.159. The van der Waals surface area contributed by atoms with Gasteiger partial charge in [-0.1, -0.05) is 13.8 Å². The molecule has 0 heterocycles. The Kier molecular flexibility index (Phi) is 3.67. The number of aliphatic hydroxyl groups is 1. The number of hydrogen-bond donors (Lipinski definition) is 2. The van der Waals surface area contributed by atoms with Crippen molar-refractivity contribution in [2.45, 2.75) is 32.5 Å². The monoisotopic (exact) mass is 175 g/mol. The fourth-order valence-electron chi connectivity index (χ4n) is 1.13. The predicted octanol–water partition coefficient (Wildman–Crippen LogP) is -0.106. The molecule has 0 aliphatic carbocycles. The summed E-state index contributed by atoms with van der Waals surface area (Å²) in [6.45, 7) is 5.06. The van der Waals surface area contributed by atoms with Gasteiger partial charge in [0.1, 0.15) is 0 Å². The Labute approximate surface area is 72.7 Å². The second kappa shape index (κ2) is 3.87. The lowest BCUT2D eigenvalue weighted by Crippen LogP contribution is -2.56. The van der Waals surface area contributed by atoms with Crippen LogP contribution in [0.1, 0.15) is 20.8 Å². The number of primary amides is 1. The number of amides is 1. The molecule has 0 radical (unpaired) electrons. The molecule has 72 valence electrons. The van der Waals surface area contributed by atoms with Crippen molar-refractivity contribution in [3.05, 3.63) is 0 Å². The Morgan fingerprint density at radius 3 is 2.00 bits per heavy atom. The number of carbonyl (C=O) groups is 1. The Hall–Kier alpha value is -0.610. The second-order valence-electron chi connectivity index (χ2n) is 3.22. The minimum atomic E-state index is -1.57. The van der Waals surface area contributed by atoms with Gasteiger partial charge in [-0.05, 0) is 12.8 Å². The van der Waals surface area contributed by atoms with E-state index in [1.165, 1.54) is 7.11 Å². The molecular weight excluding hydrogens is 158 g/mol. The fourth-order valence-corrected chi connectivity index (χ4v) is 1.13. The van der Waals surface area contributed by atoms with Gasteiger partial charge in [-0.15, -0.1) is 0 Å². The van der Waals surface area contributed by atoms with E-state index in [1.807, 2.05) is 0 Å². The summed E-state index contributed by atoms with van der Waals surface area (Å²) in [4.78, 5) is 11.0. The average molecular weight is 175 g/mol. The topological polar surface area (TPSA) is 72.6 Å². The molecule has 0 aliphatic heterocycles. The molecule has 0 aromatic heterocycles. The van der Waals surface area contributed by atoms with Crippen molar-refractivity contribution in [1.29, 1.82) is 0 Å². The van der Waals surface area contributed by atoms with Gasteiger partial charge in [0.25, 0.3) is 5.91 Å². The van der Waals surface area contributed by atoms with Crippen LogP contribution in [0.4, 0.5) is 0 Å². The molecule has 0 saturated carbocycles. The summed E-state index contributed by atoms with van der Waals surface area (Å²) in [5, 5.41) is 9.83. The first-order chi connectivity index (χ1) is 5.37. The third kappa shape index (κ3) is 1.76. The molecule has 0 aliphatic rings. The third-order valence-corrected chi connectivity index (χ3v) is 2.25. The highest BCUT2D eigenvalue weighted by atomic mass is 16.5. The maximum Gasteiger partial charge on any atom is 0.252 e. The van der Waals surface area contributed by atoms with Crippen LogP contribution in [0.15, 0.2) is 0 Å². The van der Waals surface area contributed by atoms with E-state index in [-0.39, 0.29) is 5.92 Å². The van der Waals surface area contributed by atoms with Crippen LogP contribution in [-0.4, -0.2) is 29.8 Å². The molecule has 0 rings (SSSR count). The van der Waals surface area contributed by atoms with Gasteiger partial charge in [0.05, 0.1) is 6.10 Å². The minimum absolute atomic E-state index is 0.259. The molecule has 4 nitrogen and oxygen atoms in total. The van der Waals surface area contributed by atoms with Crippen LogP contribution < -0.4 is 5.73 Å². The number of hydrogen-bond acceptors (Lipinski definition) is 3. The Balaban J connectivity index is 4.74. The second-order valence-corrected chi connectivity index (χ2v) is 3.22. The third-order valence-electron chi connectivity index (χ3n) is 2.25. The number of nitrogens with two attached hydrogens (primary N) is 1. The van der Waals surface area contributed by atoms with Gasteiger partial charge < -0.3 is 15.6 Å². The van der Waals surface area contributed by atoms with Crippen LogP contribution in [0, 0.1) is 5.92 Å². The highest BCUT2D eigenvalue weighted by Gasteiger charge is 2.43. The molecule has 0 aromatic rings. The minimum Gasteiger partial charge on any atom is -0.378 e. The van der Waals surface area contributed by atoms with E-state index in [1.54, 1.807) is 20.8 Å². The number of rotatable bonds is 4. The first-order valence-corrected chi connectivity index (χ1v) is 3.92. The van der Waals surface area contributed by atoms with Gasteiger partial charge in [-0.25, -0.2) is 0 Å². The maximum absolute atomic E-state index is 11.0. The lowest BCUT2D eigenvalue weighted by Gasteiger charge is -2.33. The van der Waals surface area contributed by atoms with Gasteiger partial charge in [0.15, 0.2) is 5.60 Å². The molecule has 2 atom stereocenters. The van der Waals surface area contributed by atoms with Gasteiger partial charge >= 0.3 is 0 Å². The smallest absolute Gasteiger partial charge is 0.252 e. The highest BCUT2D eigenvalue weighted by Crippen LogP contribution is 2.22. The van der Waals surface area contributed by atoms with Crippen molar-refractivity contribution < 1.29 is 14.6 Å². The summed E-state index contributed by atoms with van der Waals surface area (Å²) >= 11 is 0. The Morgan fingerprint density at radius 1 is 1.50 bits per heavy atom. The van der Waals surface area contributed by atoms with Crippen molar-refractivity contribution >= 4 is 5.91 Å². The van der Waals surface area contributed by atoms with E-state index in [2.05, 4.69) is 0 Å². The first-order valence-electron chi connectivity index (χ1n) is 3.92. The van der Waals surface area contributed by atoms with Crippen molar-refractivity contribution in [1.82, 2.24) is 0 Å². The predicted molar refractivity (Wildman–Crippen MR) is 45.5 cm³/mol. The van der Waals surface area contributed by atoms with Crippen molar-refractivity contribution in [3.8, 4) is 0 Å². The molecule has 0 saturated heterocycles. The Bertz CT molecular complexity index is 170. The Morgan fingerprint density at radius 2 is 1.92 bits per heavy atom. The zero-order chi connectivity index (χ0) is 9.94. The van der Waals surface area contributed by atoms with Crippen LogP contribution in [-0.2, 0) is 9.53 Å². The zero-order valence-electron chi connectivity index (χ0n) is 8.00. The van der Waals surface area contributed by atoms with Gasteiger partial charge in [0, 0.05) is 7.11 Å². The molecule has 1 amide bonds. The van der Waals surface area contributed by atoms with E-state index in [9.17, 15) is 9.90 Å². The average Bonchev–Trinajstić information content (AvgIpc) is 2.00. The van der Waals surface area contributed by atoms with E-state index < -0.39 is 17.6 Å². The summed E-state index contributed by atoms with van der Waals surface area (Å²) in [6.07, 6.45) is -0.588. The largest absolute Gasteiger partial charge is 0.378 e.